The minimum absolute atomic E-state index is 0.102. The first-order valence-electron chi connectivity index (χ1n) is 6.38. The van der Waals surface area contributed by atoms with E-state index in [4.69, 9.17) is 0 Å². The van der Waals surface area contributed by atoms with Crippen molar-refractivity contribution < 1.29 is 9.59 Å². The topological polar surface area (TPSA) is 37.4 Å². The molecule has 2 amide bonds. The summed E-state index contributed by atoms with van der Waals surface area (Å²) in [5.74, 6) is -0.721. The van der Waals surface area contributed by atoms with Crippen LogP contribution in [0.25, 0.3) is 0 Å². The lowest BCUT2D eigenvalue weighted by atomic mass is 9.76. The van der Waals surface area contributed by atoms with Crippen LogP contribution in [0.1, 0.15) is 12.8 Å². The molecule has 1 aromatic rings. The number of benzene rings is 1. The summed E-state index contributed by atoms with van der Waals surface area (Å²) >= 11 is 0. The Labute approximate surface area is 112 Å². The van der Waals surface area contributed by atoms with Gasteiger partial charge in [-0.2, -0.15) is 0 Å². The number of carbonyl (C=O) groups is 2. The van der Waals surface area contributed by atoms with Crippen molar-refractivity contribution in [1.82, 2.24) is 0 Å². The number of rotatable bonds is 1. The monoisotopic (exact) mass is 253 g/mol. The number of hydrogen-bond donors (Lipinski definition) is 0. The third-order valence-electron chi connectivity index (χ3n) is 4.01. The van der Waals surface area contributed by atoms with Crippen LogP contribution in [0.2, 0.25) is 0 Å². The number of carbonyl (C=O) groups excluding carboxylic acids is 2. The minimum atomic E-state index is -0.259. The van der Waals surface area contributed by atoms with Gasteiger partial charge in [-0.1, -0.05) is 42.5 Å². The molecule has 0 spiro atoms. The summed E-state index contributed by atoms with van der Waals surface area (Å²) in [6.45, 7) is 7.86. The second kappa shape index (κ2) is 4.19. The standard InChI is InChI=1S/C16H15NO2/c1-10-8-13-14(9-11(10)2)16(19)17(15(13)18)12-6-4-3-5-7-12/h3-7,13-14H,1-2,8-9H2. The van der Waals surface area contributed by atoms with Gasteiger partial charge < -0.3 is 0 Å². The third-order valence-corrected chi connectivity index (χ3v) is 4.01. The Kier molecular flexibility index (Phi) is 2.63. The Hall–Kier alpha value is -2.16. The van der Waals surface area contributed by atoms with Crippen LogP contribution >= 0.6 is 0 Å². The SMILES string of the molecule is C=C1CC2C(=O)N(c3ccccc3)C(=O)C2CC1=C. The molecule has 2 unspecified atom stereocenters. The Balaban J connectivity index is 1.98. The molecule has 0 N–H and O–H groups in total. The Morgan fingerprint density at radius 3 is 1.84 bits per heavy atom. The molecule has 1 saturated heterocycles. The van der Waals surface area contributed by atoms with Crippen LogP contribution in [0, 0.1) is 11.8 Å². The number of hydrogen-bond acceptors (Lipinski definition) is 2. The average Bonchev–Trinajstić information content (AvgIpc) is 2.64. The van der Waals surface area contributed by atoms with Gasteiger partial charge in [-0.25, -0.2) is 0 Å². The zero-order valence-electron chi connectivity index (χ0n) is 10.6. The third kappa shape index (κ3) is 1.73. The quantitative estimate of drug-likeness (QED) is 0.722. The predicted molar refractivity (Wildman–Crippen MR) is 73.4 cm³/mol. The fourth-order valence-corrected chi connectivity index (χ4v) is 2.89. The predicted octanol–water partition coefficient (Wildman–Crippen LogP) is 2.70. The molecule has 0 aromatic heterocycles. The summed E-state index contributed by atoms with van der Waals surface area (Å²) in [7, 11) is 0. The zero-order valence-corrected chi connectivity index (χ0v) is 10.6. The van der Waals surface area contributed by atoms with Crippen LogP contribution in [-0.2, 0) is 9.59 Å². The maximum Gasteiger partial charge on any atom is 0.238 e. The van der Waals surface area contributed by atoms with Crippen molar-refractivity contribution in [2.45, 2.75) is 12.8 Å². The van der Waals surface area contributed by atoms with Crippen molar-refractivity contribution in [3.8, 4) is 0 Å². The van der Waals surface area contributed by atoms with E-state index in [-0.39, 0.29) is 23.7 Å². The first-order chi connectivity index (χ1) is 9.09. The molecule has 0 radical (unpaired) electrons. The van der Waals surface area contributed by atoms with E-state index in [2.05, 4.69) is 13.2 Å². The Morgan fingerprint density at radius 2 is 1.37 bits per heavy atom. The Bertz CT molecular complexity index is 554. The molecule has 3 nitrogen and oxygen atoms in total. The lowest BCUT2D eigenvalue weighted by molar-refractivity contribution is -0.122. The van der Waals surface area contributed by atoms with E-state index in [1.165, 1.54) is 4.90 Å². The number of amides is 2. The molecule has 1 heterocycles. The lowest BCUT2D eigenvalue weighted by Gasteiger charge is -2.24. The van der Waals surface area contributed by atoms with Gasteiger partial charge in [0.25, 0.3) is 0 Å². The molecule has 2 aliphatic rings. The summed E-state index contributed by atoms with van der Waals surface area (Å²) in [6.07, 6.45) is 1.11. The van der Waals surface area contributed by atoms with Crippen LogP contribution in [0.4, 0.5) is 5.69 Å². The van der Waals surface area contributed by atoms with Crippen molar-refractivity contribution in [1.29, 1.82) is 0 Å². The molecule has 1 aliphatic heterocycles. The second-order valence-corrected chi connectivity index (χ2v) is 5.18. The van der Waals surface area contributed by atoms with Gasteiger partial charge in [-0.3, -0.25) is 14.5 Å². The molecule has 2 fully saturated rings. The summed E-state index contributed by atoms with van der Waals surface area (Å²) < 4.78 is 0. The molecule has 3 rings (SSSR count). The van der Waals surface area contributed by atoms with E-state index in [0.717, 1.165) is 11.1 Å². The maximum atomic E-state index is 12.4. The number of fused-ring (bicyclic) bond motifs is 1. The fourth-order valence-electron chi connectivity index (χ4n) is 2.89. The summed E-state index contributed by atoms with van der Waals surface area (Å²) in [5.41, 5.74) is 2.46. The molecule has 0 bridgehead atoms. The molecule has 96 valence electrons. The molecular weight excluding hydrogens is 238 g/mol. The van der Waals surface area contributed by atoms with Crippen LogP contribution in [0.15, 0.2) is 54.6 Å². The van der Waals surface area contributed by atoms with Gasteiger partial charge in [-0.05, 0) is 25.0 Å². The molecule has 19 heavy (non-hydrogen) atoms. The number of allylic oxidation sites excluding steroid dienone is 2. The maximum absolute atomic E-state index is 12.4. The van der Waals surface area contributed by atoms with Gasteiger partial charge in [0.2, 0.25) is 11.8 Å². The van der Waals surface area contributed by atoms with Crippen molar-refractivity contribution in [2.24, 2.45) is 11.8 Å². The van der Waals surface area contributed by atoms with Crippen LogP contribution in [0.5, 0.6) is 0 Å². The number of anilines is 1. The van der Waals surface area contributed by atoms with E-state index in [1.54, 1.807) is 12.1 Å². The average molecular weight is 253 g/mol. The van der Waals surface area contributed by atoms with E-state index < -0.39 is 0 Å². The highest BCUT2D eigenvalue weighted by Gasteiger charge is 2.50. The van der Waals surface area contributed by atoms with Gasteiger partial charge in [0, 0.05) is 0 Å². The van der Waals surface area contributed by atoms with Gasteiger partial charge in [0.1, 0.15) is 0 Å². The van der Waals surface area contributed by atoms with Crippen LogP contribution in [0.3, 0.4) is 0 Å². The molecule has 1 aromatic carbocycles. The lowest BCUT2D eigenvalue weighted by Crippen LogP contribution is -2.30. The van der Waals surface area contributed by atoms with Gasteiger partial charge in [0.05, 0.1) is 17.5 Å². The van der Waals surface area contributed by atoms with E-state index >= 15 is 0 Å². The minimum Gasteiger partial charge on any atom is -0.274 e. The van der Waals surface area contributed by atoms with Crippen molar-refractivity contribution in [3.63, 3.8) is 0 Å². The molecular formula is C16H15NO2. The molecule has 1 aliphatic carbocycles. The summed E-state index contributed by atoms with van der Waals surface area (Å²) in [4.78, 5) is 26.2. The highest BCUT2D eigenvalue weighted by molar-refractivity contribution is 6.22. The smallest absolute Gasteiger partial charge is 0.238 e. The first kappa shape index (κ1) is 11.9. The largest absolute Gasteiger partial charge is 0.274 e. The Morgan fingerprint density at radius 1 is 0.895 bits per heavy atom. The highest BCUT2D eigenvalue weighted by atomic mass is 16.2. The normalized spacial score (nSPS) is 26.8. The van der Waals surface area contributed by atoms with Gasteiger partial charge >= 0.3 is 0 Å². The van der Waals surface area contributed by atoms with Crippen molar-refractivity contribution >= 4 is 17.5 Å². The van der Waals surface area contributed by atoms with E-state index in [0.29, 0.717) is 18.5 Å². The zero-order chi connectivity index (χ0) is 13.6. The molecule has 3 heteroatoms. The highest BCUT2D eigenvalue weighted by Crippen LogP contribution is 2.43. The summed E-state index contributed by atoms with van der Waals surface area (Å²) in [6, 6.07) is 9.10. The first-order valence-corrected chi connectivity index (χ1v) is 6.38. The molecule has 1 saturated carbocycles. The van der Waals surface area contributed by atoms with Crippen molar-refractivity contribution in [2.75, 3.05) is 4.90 Å². The van der Waals surface area contributed by atoms with Gasteiger partial charge in [0.15, 0.2) is 0 Å². The van der Waals surface area contributed by atoms with Crippen LogP contribution < -0.4 is 4.90 Å². The number of imide groups is 1. The van der Waals surface area contributed by atoms with Crippen molar-refractivity contribution in [3.05, 3.63) is 54.6 Å². The number of para-hydroxylation sites is 1. The van der Waals surface area contributed by atoms with Gasteiger partial charge in [-0.15, -0.1) is 0 Å². The van der Waals surface area contributed by atoms with E-state index in [1.807, 2.05) is 18.2 Å². The number of nitrogens with zero attached hydrogens (tertiary/aromatic N) is 1. The van der Waals surface area contributed by atoms with E-state index in [9.17, 15) is 9.59 Å². The molecule has 2 atom stereocenters. The second-order valence-electron chi connectivity index (χ2n) is 5.18. The fraction of sp³-hybridized carbons (Fsp3) is 0.250. The van der Waals surface area contributed by atoms with Crippen LogP contribution in [-0.4, -0.2) is 11.8 Å². The summed E-state index contributed by atoms with van der Waals surface area (Å²) in [5, 5.41) is 0.